The molecule has 3 atom stereocenters. The number of rotatable bonds is 4. The van der Waals surface area contributed by atoms with E-state index >= 15 is 0 Å². The zero-order chi connectivity index (χ0) is 14.9. The maximum atomic E-state index is 12.0. The van der Waals surface area contributed by atoms with Crippen LogP contribution in [0.5, 0.6) is 0 Å². The van der Waals surface area contributed by atoms with Crippen molar-refractivity contribution >= 4 is 11.8 Å². The van der Waals surface area contributed by atoms with Gasteiger partial charge in [0.05, 0.1) is 12.7 Å². The molecule has 2 heterocycles. The summed E-state index contributed by atoms with van der Waals surface area (Å²) >= 11 is 1.46. The molecule has 0 aromatic carbocycles. The third kappa shape index (κ3) is 2.56. The summed E-state index contributed by atoms with van der Waals surface area (Å²) in [6.45, 7) is 1.27. The SMILES string of the molecule is CSC[C@]1(n2cc(C)c(=O)[nH]c2=O)C[C@H](O)[C@@H](CO)O1. The van der Waals surface area contributed by atoms with Crippen LogP contribution in [0.3, 0.4) is 0 Å². The van der Waals surface area contributed by atoms with Gasteiger partial charge in [-0.25, -0.2) is 4.79 Å². The molecule has 0 spiro atoms. The van der Waals surface area contributed by atoms with Crippen LogP contribution in [0.2, 0.25) is 0 Å². The van der Waals surface area contributed by atoms with Crippen LogP contribution in [0.4, 0.5) is 0 Å². The molecule has 1 fully saturated rings. The van der Waals surface area contributed by atoms with E-state index in [2.05, 4.69) is 4.98 Å². The molecule has 3 N–H and O–H groups in total. The van der Waals surface area contributed by atoms with Crippen molar-refractivity contribution in [1.82, 2.24) is 9.55 Å². The van der Waals surface area contributed by atoms with Crippen LogP contribution in [0, 0.1) is 6.92 Å². The molecule has 20 heavy (non-hydrogen) atoms. The summed E-state index contributed by atoms with van der Waals surface area (Å²) < 4.78 is 7.04. The summed E-state index contributed by atoms with van der Waals surface area (Å²) in [5, 5.41) is 19.2. The van der Waals surface area contributed by atoms with Crippen LogP contribution in [0.25, 0.3) is 0 Å². The van der Waals surface area contributed by atoms with Crippen molar-refractivity contribution in [2.75, 3.05) is 18.6 Å². The van der Waals surface area contributed by atoms with Gasteiger partial charge in [0.15, 0.2) is 5.72 Å². The second kappa shape index (κ2) is 5.72. The predicted molar refractivity (Wildman–Crippen MR) is 75.0 cm³/mol. The van der Waals surface area contributed by atoms with Gasteiger partial charge in [0.2, 0.25) is 0 Å². The molecule has 0 unspecified atom stereocenters. The fourth-order valence-electron chi connectivity index (χ4n) is 2.44. The number of H-pyrrole nitrogens is 1. The molecule has 0 amide bonds. The van der Waals surface area contributed by atoms with Gasteiger partial charge in [0.25, 0.3) is 5.56 Å². The maximum Gasteiger partial charge on any atom is 0.330 e. The topological polar surface area (TPSA) is 105 Å². The van der Waals surface area contributed by atoms with Crippen molar-refractivity contribution in [2.45, 2.75) is 31.3 Å². The highest BCUT2D eigenvalue weighted by Gasteiger charge is 2.47. The largest absolute Gasteiger partial charge is 0.394 e. The van der Waals surface area contributed by atoms with Gasteiger partial charge in [-0.1, -0.05) is 0 Å². The zero-order valence-corrected chi connectivity index (χ0v) is 12.1. The van der Waals surface area contributed by atoms with Crippen molar-refractivity contribution in [3.63, 3.8) is 0 Å². The number of nitrogens with one attached hydrogen (secondary N) is 1. The summed E-state index contributed by atoms with van der Waals surface area (Å²) in [5.74, 6) is 0.423. The second-order valence-corrected chi connectivity index (χ2v) is 5.80. The average Bonchev–Trinajstić information content (AvgIpc) is 2.71. The van der Waals surface area contributed by atoms with Crippen LogP contribution >= 0.6 is 11.8 Å². The van der Waals surface area contributed by atoms with E-state index in [0.29, 0.717) is 11.3 Å². The number of aromatic amines is 1. The van der Waals surface area contributed by atoms with Crippen LogP contribution in [-0.4, -0.2) is 50.6 Å². The summed E-state index contributed by atoms with van der Waals surface area (Å²) in [6.07, 6.45) is 1.88. The van der Waals surface area contributed by atoms with E-state index in [1.54, 1.807) is 6.92 Å². The van der Waals surface area contributed by atoms with E-state index < -0.39 is 29.2 Å². The number of ether oxygens (including phenoxy) is 1. The number of aromatic nitrogens is 2. The molecule has 1 aromatic heterocycles. The summed E-state index contributed by atoms with van der Waals surface area (Å²) in [4.78, 5) is 25.7. The lowest BCUT2D eigenvalue weighted by molar-refractivity contribution is -0.104. The van der Waals surface area contributed by atoms with Gasteiger partial charge in [0.1, 0.15) is 6.10 Å². The zero-order valence-electron chi connectivity index (χ0n) is 11.3. The first-order chi connectivity index (χ1) is 9.43. The second-order valence-electron chi connectivity index (χ2n) is 4.93. The molecule has 2 rings (SSSR count). The molecular formula is C12H18N2O5S. The Morgan fingerprint density at radius 2 is 2.30 bits per heavy atom. The Balaban J connectivity index is 2.52. The summed E-state index contributed by atoms with van der Waals surface area (Å²) in [5.41, 5.74) is -1.70. The Labute approximate surface area is 119 Å². The minimum Gasteiger partial charge on any atom is -0.394 e. The van der Waals surface area contributed by atoms with Gasteiger partial charge < -0.3 is 14.9 Å². The predicted octanol–water partition coefficient (Wildman–Crippen LogP) is -0.997. The molecule has 0 radical (unpaired) electrons. The van der Waals surface area contributed by atoms with Crippen molar-refractivity contribution in [1.29, 1.82) is 0 Å². The fraction of sp³-hybridized carbons (Fsp3) is 0.667. The maximum absolute atomic E-state index is 12.0. The third-order valence-electron chi connectivity index (χ3n) is 3.44. The number of thioether (sulfide) groups is 1. The highest BCUT2D eigenvalue weighted by Crippen LogP contribution is 2.36. The Hall–Kier alpha value is -1.09. The average molecular weight is 302 g/mol. The molecule has 1 aromatic rings. The lowest BCUT2D eigenvalue weighted by atomic mass is 10.1. The molecule has 112 valence electrons. The Morgan fingerprint density at radius 3 is 2.85 bits per heavy atom. The number of aliphatic hydroxyl groups excluding tert-OH is 2. The van der Waals surface area contributed by atoms with Crippen LogP contribution in [-0.2, 0) is 10.5 Å². The monoisotopic (exact) mass is 302 g/mol. The molecule has 7 nitrogen and oxygen atoms in total. The molecule has 1 saturated heterocycles. The van der Waals surface area contributed by atoms with Gasteiger partial charge in [-0.05, 0) is 13.2 Å². The van der Waals surface area contributed by atoms with Gasteiger partial charge in [0, 0.05) is 23.9 Å². The Bertz CT molecular complexity index is 598. The molecule has 8 heteroatoms. The first-order valence-corrected chi connectivity index (χ1v) is 7.61. The van der Waals surface area contributed by atoms with E-state index in [-0.39, 0.29) is 13.0 Å². The summed E-state index contributed by atoms with van der Waals surface area (Å²) in [6, 6.07) is 0. The molecule has 0 bridgehead atoms. The molecule has 0 saturated carbocycles. The fourth-order valence-corrected chi connectivity index (χ4v) is 3.21. The Morgan fingerprint density at radius 1 is 1.60 bits per heavy atom. The van der Waals surface area contributed by atoms with E-state index in [1.807, 2.05) is 6.26 Å². The number of hydrogen-bond donors (Lipinski definition) is 3. The molecular weight excluding hydrogens is 284 g/mol. The minimum atomic E-state index is -1.06. The quantitative estimate of drug-likeness (QED) is 0.659. The van der Waals surface area contributed by atoms with Gasteiger partial charge in [-0.15, -0.1) is 0 Å². The summed E-state index contributed by atoms with van der Waals surface area (Å²) in [7, 11) is 0. The number of nitrogens with zero attached hydrogens (tertiary/aromatic N) is 1. The lowest BCUT2D eigenvalue weighted by Gasteiger charge is -2.30. The van der Waals surface area contributed by atoms with Gasteiger partial charge >= 0.3 is 5.69 Å². The first-order valence-electron chi connectivity index (χ1n) is 6.22. The minimum absolute atomic E-state index is 0.185. The number of aryl methyl sites for hydroxylation is 1. The third-order valence-corrected chi connectivity index (χ3v) is 4.18. The van der Waals surface area contributed by atoms with Gasteiger partial charge in [-0.2, -0.15) is 11.8 Å². The van der Waals surface area contributed by atoms with Gasteiger partial charge in [-0.3, -0.25) is 14.3 Å². The number of aliphatic hydroxyl groups is 2. The molecule has 0 aliphatic carbocycles. The van der Waals surface area contributed by atoms with Crippen LogP contribution in [0.15, 0.2) is 15.8 Å². The van der Waals surface area contributed by atoms with Crippen molar-refractivity contribution in [3.05, 3.63) is 32.6 Å². The highest BCUT2D eigenvalue weighted by atomic mass is 32.2. The van der Waals surface area contributed by atoms with E-state index in [9.17, 15) is 19.8 Å². The molecule has 1 aliphatic heterocycles. The van der Waals surface area contributed by atoms with E-state index in [0.717, 1.165) is 0 Å². The van der Waals surface area contributed by atoms with E-state index in [1.165, 1.54) is 22.5 Å². The smallest absolute Gasteiger partial charge is 0.330 e. The van der Waals surface area contributed by atoms with Crippen molar-refractivity contribution in [3.8, 4) is 0 Å². The Kier molecular flexibility index (Phi) is 4.38. The van der Waals surface area contributed by atoms with E-state index in [4.69, 9.17) is 4.74 Å². The first kappa shape index (κ1) is 15.3. The van der Waals surface area contributed by atoms with Crippen molar-refractivity contribution in [2.24, 2.45) is 0 Å². The van der Waals surface area contributed by atoms with Crippen LogP contribution < -0.4 is 11.2 Å². The normalized spacial score (nSPS) is 29.8. The standard InChI is InChI=1S/C12H18N2O5S/c1-7-4-14(11(18)13-10(7)17)12(6-20-2)3-8(16)9(5-15)19-12/h4,8-9,15-16H,3,5-6H2,1-2H3,(H,13,17,18)/t8-,9+,12-/m0/s1. The molecule has 1 aliphatic rings. The van der Waals surface area contributed by atoms with Crippen LogP contribution in [0.1, 0.15) is 12.0 Å². The van der Waals surface area contributed by atoms with Crippen molar-refractivity contribution < 1.29 is 14.9 Å². The highest BCUT2D eigenvalue weighted by molar-refractivity contribution is 7.98. The lowest BCUT2D eigenvalue weighted by Crippen LogP contribution is -2.46. The number of hydrogen-bond acceptors (Lipinski definition) is 6.